The van der Waals surface area contributed by atoms with Crippen molar-refractivity contribution < 1.29 is 10.2 Å². The van der Waals surface area contributed by atoms with Crippen molar-refractivity contribution in [1.82, 2.24) is 14.6 Å². The van der Waals surface area contributed by atoms with Crippen molar-refractivity contribution in [2.24, 2.45) is 0 Å². The fraction of sp³-hybridized carbons (Fsp3) is 0.455. The minimum atomic E-state index is 0.0237. The lowest BCUT2D eigenvalue weighted by atomic mass is 10.3. The van der Waals surface area contributed by atoms with Gasteiger partial charge in [0.2, 0.25) is 0 Å². The monoisotopic (exact) mass is 236 g/mol. The smallest absolute Gasteiger partial charge is 0.154 e. The summed E-state index contributed by atoms with van der Waals surface area (Å²) in [6.07, 6.45) is 3.44. The molecule has 0 amide bonds. The summed E-state index contributed by atoms with van der Waals surface area (Å²) < 4.78 is 1.75. The molecule has 0 radical (unpaired) electrons. The molecule has 0 bridgehead atoms. The molecule has 0 saturated carbocycles. The Bertz CT molecular complexity index is 491. The third kappa shape index (κ3) is 2.37. The second-order valence-electron chi connectivity index (χ2n) is 3.80. The predicted octanol–water partition coefficient (Wildman–Crippen LogP) is -0.171. The number of aliphatic hydroxyl groups excluding tert-OH is 2. The van der Waals surface area contributed by atoms with Crippen LogP contribution in [-0.2, 0) is 0 Å². The van der Waals surface area contributed by atoms with Gasteiger partial charge in [-0.05, 0) is 13.0 Å². The number of hydrogen-bond acceptors (Lipinski definition) is 5. The van der Waals surface area contributed by atoms with E-state index in [-0.39, 0.29) is 13.2 Å². The molecule has 6 heteroatoms. The maximum Gasteiger partial charge on any atom is 0.154 e. The van der Waals surface area contributed by atoms with Crippen LogP contribution in [0.2, 0.25) is 0 Å². The molecule has 0 atom stereocenters. The molecule has 17 heavy (non-hydrogen) atoms. The van der Waals surface area contributed by atoms with Gasteiger partial charge in [-0.15, -0.1) is 0 Å². The maximum absolute atomic E-state index is 9.03. The maximum atomic E-state index is 9.03. The molecule has 2 rings (SSSR count). The van der Waals surface area contributed by atoms with Crippen molar-refractivity contribution >= 4 is 11.3 Å². The summed E-state index contributed by atoms with van der Waals surface area (Å²) in [5, 5.41) is 22.4. The van der Waals surface area contributed by atoms with E-state index in [0.717, 1.165) is 17.0 Å². The van der Waals surface area contributed by atoms with Crippen LogP contribution in [0.3, 0.4) is 0 Å². The average molecular weight is 236 g/mol. The summed E-state index contributed by atoms with van der Waals surface area (Å²) in [6, 6.07) is 1.93. The lowest BCUT2D eigenvalue weighted by Gasteiger charge is -2.22. The van der Waals surface area contributed by atoms with Crippen molar-refractivity contribution in [3.63, 3.8) is 0 Å². The third-order valence-electron chi connectivity index (χ3n) is 2.53. The summed E-state index contributed by atoms with van der Waals surface area (Å²) in [6.45, 7) is 2.85. The molecule has 2 aromatic heterocycles. The number of hydrogen-bond donors (Lipinski definition) is 2. The van der Waals surface area contributed by atoms with Gasteiger partial charge in [0, 0.05) is 25.5 Å². The van der Waals surface area contributed by atoms with E-state index in [0.29, 0.717) is 13.1 Å². The Kier molecular flexibility index (Phi) is 3.55. The largest absolute Gasteiger partial charge is 0.395 e. The zero-order valence-electron chi connectivity index (χ0n) is 9.74. The van der Waals surface area contributed by atoms with Crippen LogP contribution in [-0.4, -0.2) is 51.1 Å². The Morgan fingerprint density at radius 1 is 1.29 bits per heavy atom. The Balaban J connectivity index is 2.44. The normalized spacial score (nSPS) is 11.0. The molecule has 0 spiro atoms. The van der Waals surface area contributed by atoms with Gasteiger partial charge in [0.15, 0.2) is 5.82 Å². The van der Waals surface area contributed by atoms with Crippen LogP contribution in [0.15, 0.2) is 18.5 Å². The van der Waals surface area contributed by atoms with E-state index in [1.54, 1.807) is 16.9 Å². The van der Waals surface area contributed by atoms with Crippen molar-refractivity contribution in [2.45, 2.75) is 6.92 Å². The van der Waals surface area contributed by atoms with Gasteiger partial charge in [-0.1, -0.05) is 0 Å². The van der Waals surface area contributed by atoms with Crippen LogP contribution in [0.25, 0.3) is 5.52 Å². The van der Waals surface area contributed by atoms with Gasteiger partial charge in [0.1, 0.15) is 5.52 Å². The summed E-state index contributed by atoms with van der Waals surface area (Å²) in [7, 11) is 0. The fourth-order valence-electron chi connectivity index (χ4n) is 1.84. The van der Waals surface area contributed by atoms with Crippen molar-refractivity contribution in [2.75, 3.05) is 31.2 Å². The highest BCUT2D eigenvalue weighted by Gasteiger charge is 2.12. The molecule has 2 heterocycles. The topological polar surface area (TPSA) is 73.9 Å². The molecule has 0 aromatic carbocycles. The zero-order chi connectivity index (χ0) is 12.3. The molecule has 0 aliphatic carbocycles. The highest BCUT2D eigenvalue weighted by atomic mass is 16.3. The highest BCUT2D eigenvalue weighted by molar-refractivity contribution is 5.69. The summed E-state index contributed by atoms with van der Waals surface area (Å²) in [5.41, 5.74) is 1.79. The van der Waals surface area contributed by atoms with Gasteiger partial charge in [0.05, 0.1) is 18.9 Å². The highest BCUT2D eigenvalue weighted by Crippen LogP contribution is 2.18. The van der Waals surface area contributed by atoms with Gasteiger partial charge in [0.25, 0.3) is 0 Å². The summed E-state index contributed by atoms with van der Waals surface area (Å²) >= 11 is 0. The first-order chi connectivity index (χ1) is 8.26. The second kappa shape index (κ2) is 5.11. The lowest BCUT2D eigenvalue weighted by Crippen LogP contribution is -2.30. The summed E-state index contributed by atoms with van der Waals surface area (Å²) in [5.74, 6) is 0.733. The van der Waals surface area contributed by atoms with Gasteiger partial charge < -0.3 is 15.1 Å². The molecule has 6 nitrogen and oxygen atoms in total. The Morgan fingerprint density at radius 3 is 2.65 bits per heavy atom. The molecule has 0 aliphatic rings. The molecule has 0 unspecified atom stereocenters. The number of aromatic nitrogens is 3. The van der Waals surface area contributed by atoms with Crippen LogP contribution in [0.4, 0.5) is 5.82 Å². The number of fused-ring (bicyclic) bond motifs is 1. The van der Waals surface area contributed by atoms with Crippen LogP contribution in [0.5, 0.6) is 0 Å². The first kappa shape index (κ1) is 11.8. The van der Waals surface area contributed by atoms with Crippen LogP contribution < -0.4 is 4.90 Å². The van der Waals surface area contributed by atoms with E-state index < -0.39 is 0 Å². The minimum Gasteiger partial charge on any atom is -0.395 e. The fourth-order valence-corrected chi connectivity index (χ4v) is 1.84. The summed E-state index contributed by atoms with van der Waals surface area (Å²) in [4.78, 5) is 6.14. The third-order valence-corrected chi connectivity index (χ3v) is 2.53. The van der Waals surface area contributed by atoms with E-state index in [9.17, 15) is 0 Å². The van der Waals surface area contributed by atoms with Crippen LogP contribution in [0, 0.1) is 6.92 Å². The van der Waals surface area contributed by atoms with Crippen molar-refractivity contribution in [1.29, 1.82) is 0 Å². The van der Waals surface area contributed by atoms with Crippen LogP contribution in [0.1, 0.15) is 5.69 Å². The number of nitrogens with zero attached hydrogens (tertiary/aromatic N) is 4. The number of rotatable bonds is 5. The molecule has 0 aliphatic heterocycles. The van der Waals surface area contributed by atoms with Gasteiger partial charge in [-0.2, -0.15) is 5.10 Å². The van der Waals surface area contributed by atoms with E-state index in [1.165, 1.54) is 0 Å². The van der Waals surface area contributed by atoms with E-state index >= 15 is 0 Å². The van der Waals surface area contributed by atoms with Crippen molar-refractivity contribution in [3.8, 4) is 0 Å². The standard InChI is InChI=1S/C11H16N4O2/c1-9-8-10-11(12-2-3-15(10)13-9)14(4-6-16)5-7-17/h2-3,8,16-17H,4-7H2,1H3. The van der Waals surface area contributed by atoms with E-state index in [4.69, 9.17) is 10.2 Å². The predicted molar refractivity (Wildman–Crippen MR) is 64.1 cm³/mol. The van der Waals surface area contributed by atoms with Crippen molar-refractivity contribution in [3.05, 3.63) is 24.2 Å². The SMILES string of the molecule is Cc1cc2c(N(CCO)CCO)nccn2n1. The van der Waals surface area contributed by atoms with Gasteiger partial charge in [-0.25, -0.2) is 9.50 Å². The second-order valence-corrected chi connectivity index (χ2v) is 3.80. The molecule has 92 valence electrons. The quantitative estimate of drug-likeness (QED) is 0.754. The Hall–Kier alpha value is -1.66. The number of anilines is 1. The molecule has 0 fully saturated rings. The van der Waals surface area contributed by atoms with E-state index in [2.05, 4.69) is 10.1 Å². The molecular formula is C11H16N4O2. The molecule has 0 saturated heterocycles. The van der Waals surface area contributed by atoms with Gasteiger partial charge >= 0.3 is 0 Å². The Morgan fingerprint density at radius 2 is 2.00 bits per heavy atom. The molecule has 2 aromatic rings. The first-order valence-corrected chi connectivity index (χ1v) is 5.54. The average Bonchev–Trinajstić information content (AvgIpc) is 2.68. The zero-order valence-corrected chi connectivity index (χ0v) is 9.74. The lowest BCUT2D eigenvalue weighted by molar-refractivity contribution is 0.281. The van der Waals surface area contributed by atoms with Gasteiger partial charge in [-0.3, -0.25) is 0 Å². The van der Waals surface area contributed by atoms with E-state index in [1.807, 2.05) is 17.9 Å². The minimum absolute atomic E-state index is 0.0237. The van der Waals surface area contributed by atoms with Crippen LogP contribution >= 0.6 is 0 Å². The molecule has 2 N–H and O–H groups in total. The number of aliphatic hydroxyl groups is 2. The Labute approximate surface area is 99.1 Å². The first-order valence-electron chi connectivity index (χ1n) is 5.54. The molecular weight excluding hydrogens is 220 g/mol. The number of aryl methyl sites for hydroxylation is 1.